The average molecular weight is 231 g/mol. The summed E-state index contributed by atoms with van der Waals surface area (Å²) >= 11 is 3.16. The number of nitrogens with two attached hydrogens (primary N) is 2. The molecule has 0 radical (unpaired) electrons. The molecule has 1 aromatic heterocycles. The van der Waals surface area contributed by atoms with Gasteiger partial charge in [0.25, 0.3) is 5.91 Å². The Hall–Kier alpha value is -1.14. The number of aromatic nitrogens is 1. The summed E-state index contributed by atoms with van der Waals surface area (Å²) < 4.78 is 0.716. The lowest BCUT2D eigenvalue weighted by Gasteiger charge is -2.02. The van der Waals surface area contributed by atoms with Crippen LogP contribution in [0.4, 0.5) is 5.69 Å². The summed E-state index contributed by atoms with van der Waals surface area (Å²) in [6.07, 6.45) is 1.47. The lowest BCUT2D eigenvalue weighted by molar-refractivity contribution is 0.0949. The molecule has 0 aliphatic heterocycles. The molecule has 0 atom stereocenters. The Labute approximate surface area is 77.2 Å². The molecule has 5 N–H and O–H groups in total. The van der Waals surface area contributed by atoms with Gasteiger partial charge in [-0.2, -0.15) is 0 Å². The molecule has 0 bridgehead atoms. The van der Waals surface area contributed by atoms with E-state index in [9.17, 15) is 4.79 Å². The monoisotopic (exact) mass is 230 g/mol. The molecule has 0 aliphatic rings. The number of amides is 1. The molecule has 0 unspecified atom stereocenters. The minimum atomic E-state index is -0.500. The van der Waals surface area contributed by atoms with E-state index < -0.39 is 5.91 Å². The average Bonchev–Trinajstić information content (AvgIpc) is 2.03. The van der Waals surface area contributed by atoms with Crippen LogP contribution < -0.4 is 17.0 Å². The molecular formula is C6H7BrN4O. The minimum absolute atomic E-state index is 0.126. The second kappa shape index (κ2) is 3.51. The third-order valence-electron chi connectivity index (χ3n) is 1.23. The van der Waals surface area contributed by atoms with Crippen LogP contribution in [0.5, 0.6) is 0 Å². The number of carbonyl (C=O) groups excluding carboxylic acids is 1. The zero-order valence-corrected chi connectivity index (χ0v) is 7.63. The van der Waals surface area contributed by atoms with Gasteiger partial charge >= 0.3 is 0 Å². The topological polar surface area (TPSA) is 94.0 Å². The number of rotatable bonds is 1. The molecule has 0 aromatic carbocycles. The number of hydrazine groups is 1. The molecule has 1 heterocycles. The van der Waals surface area contributed by atoms with Gasteiger partial charge in [-0.05, 0) is 22.0 Å². The Morgan fingerprint density at radius 3 is 2.83 bits per heavy atom. The van der Waals surface area contributed by atoms with E-state index in [1.807, 2.05) is 5.43 Å². The summed E-state index contributed by atoms with van der Waals surface area (Å²) in [6, 6.07) is 1.58. The number of nitrogen functional groups attached to an aromatic ring is 2. The van der Waals surface area contributed by atoms with E-state index in [4.69, 9.17) is 11.6 Å². The number of hydrogen-bond donors (Lipinski definition) is 3. The Morgan fingerprint density at radius 1 is 1.67 bits per heavy atom. The van der Waals surface area contributed by atoms with E-state index in [-0.39, 0.29) is 11.4 Å². The van der Waals surface area contributed by atoms with E-state index in [1.165, 1.54) is 6.20 Å². The molecule has 0 saturated heterocycles. The maximum atomic E-state index is 11.0. The van der Waals surface area contributed by atoms with Crippen molar-refractivity contribution in [3.63, 3.8) is 0 Å². The predicted octanol–water partition coefficient (Wildman–Crippen LogP) is 0.0298. The van der Waals surface area contributed by atoms with Crippen LogP contribution in [0.1, 0.15) is 10.5 Å². The summed E-state index contributed by atoms with van der Waals surface area (Å²) in [5, 5.41) is 0. The molecule has 5 nitrogen and oxygen atoms in total. The largest absolute Gasteiger partial charge is 0.397 e. The van der Waals surface area contributed by atoms with Crippen LogP contribution in [0.3, 0.4) is 0 Å². The molecule has 0 aliphatic carbocycles. The fourth-order valence-electron chi connectivity index (χ4n) is 0.713. The van der Waals surface area contributed by atoms with Gasteiger partial charge in [-0.25, -0.2) is 10.8 Å². The smallest absolute Gasteiger partial charge is 0.285 e. The lowest BCUT2D eigenvalue weighted by atomic mass is 10.3. The third-order valence-corrected chi connectivity index (χ3v) is 1.66. The Bertz CT molecular complexity index is 314. The van der Waals surface area contributed by atoms with E-state index >= 15 is 0 Å². The summed E-state index contributed by atoms with van der Waals surface area (Å²) in [5.74, 6) is 4.40. The Morgan fingerprint density at radius 2 is 2.33 bits per heavy atom. The van der Waals surface area contributed by atoms with Gasteiger partial charge in [0.15, 0.2) is 5.69 Å². The molecular weight excluding hydrogens is 224 g/mol. The SMILES string of the molecule is NNC(=O)c1ncc(Br)cc1N. The number of nitrogens with zero attached hydrogens (tertiary/aromatic N) is 1. The molecule has 1 amide bonds. The van der Waals surface area contributed by atoms with Crippen molar-refractivity contribution in [3.8, 4) is 0 Å². The highest BCUT2D eigenvalue weighted by Crippen LogP contribution is 2.15. The number of pyridine rings is 1. The lowest BCUT2D eigenvalue weighted by Crippen LogP contribution is -2.31. The van der Waals surface area contributed by atoms with E-state index in [0.717, 1.165) is 0 Å². The summed E-state index contributed by atoms with van der Waals surface area (Å²) in [5.41, 5.74) is 7.84. The third kappa shape index (κ3) is 1.72. The zero-order valence-electron chi connectivity index (χ0n) is 6.04. The van der Waals surface area contributed by atoms with Crippen LogP contribution in [-0.4, -0.2) is 10.9 Å². The highest BCUT2D eigenvalue weighted by molar-refractivity contribution is 9.10. The normalized spacial score (nSPS) is 9.50. The molecule has 6 heteroatoms. The molecule has 0 fully saturated rings. The van der Waals surface area contributed by atoms with Crippen LogP contribution in [0.2, 0.25) is 0 Å². The van der Waals surface area contributed by atoms with Crippen LogP contribution in [0.15, 0.2) is 16.7 Å². The second-order valence-corrected chi connectivity index (χ2v) is 2.98. The van der Waals surface area contributed by atoms with Crippen molar-refractivity contribution in [2.75, 3.05) is 5.73 Å². The van der Waals surface area contributed by atoms with Crippen molar-refractivity contribution in [2.45, 2.75) is 0 Å². The molecule has 0 spiro atoms. The van der Waals surface area contributed by atoms with Crippen molar-refractivity contribution >= 4 is 27.5 Å². The molecule has 0 saturated carbocycles. The van der Waals surface area contributed by atoms with Gasteiger partial charge in [-0.1, -0.05) is 0 Å². The van der Waals surface area contributed by atoms with Gasteiger partial charge in [0.1, 0.15) is 0 Å². The number of anilines is 1. The second-order valence-electron chi connectivity index (χ2n) is 2.06. The first-order valence-corrected chi connectivity index (χ1v) is 3.86. The summed E-state index contributed by atoms with van der Waals surface area (Å²) in [4.78, 5) is 14.7. The fourth-order valence-corrected chi connectivity index (χ4v) is 1.06. The van der Waals surface area contributed by atoms with Gasteiger partial charge in [0.05, 0.1) is 5.69 Å². The van der Waals surface area contributed by atoms with Gasteiger partial charge in [-0.3, -0.25) is 10.2 Å². The predicted molar refractivity (Wildman–Crippen MR) is 48.0 cm³/mol. The van der Waals surface area contributed by atoms with Crippen molar-refractivity contribution < 1.29 is 4.79 Å². The van der Waals surface area contributed by atoms with Crippen LogP contribution in [0, 0.1) is 0 Å². The fraction of sp³-hybridized carbons (Fsp3) is 0. The zero-order chi connectivity index (χ0) is 9.14. The van der Waals surface area contributed by atoms with Gasteiger partial charge < -0.3 is 5.73 Å². The molecule has 12 heavy (non-hydrogen) atoms. The van der Waals surface area contributed by atoms with E-state index in [2.05, 4.69) is 20.9 Å². The molecule has 64 valence electrons. The van der Waals surface area contributed by atoms with Crippen LogP contribution >= 0.6 is 15.9 Å². The first-order valence-electron chi connectivity index (χ1n) is 3.07. The van der Waals surface area contributed by atoms with E-state index in [1.54, 1.807) is 6.07 Å². The highest BCUT2D eigenvalue weighted by Gasteiger charge is 2.09. The quantitative estimate of drug-likeness (QED) is 0.361. The van der Waals surface area contributed by atoms with Crippen molar-refractivity contribution in [1.82, 2.24) is 10.4 Å². The van der Waals surface area contributed by atoms with Crippen molar-refractivity contribution in [3.05, 3.63) is 22.4 Å². The number of hydrogen-bond acceptors (Lipinski definition) is 4. The van der Waals surface area contributed by atoms with Crippen molar-refractivity contribution in [2.24, 2.45) is 5.84 Å². The maximum Gasteiger partial charge on any atom is 0.285 e. The number of carbonyl (C=O) groups is 1. The summed E-state index contributed by atoms with van der Waals surface area (Å²) in [6.45, 7) is 0. The first-order chi connectivity index (χ1) is 5.65. The molecule has 1 aromatic rings. The number of halogens is 1. The molecule has 1 rings (SSSR count). The van der Waals surface area contributed by atoms with Crippen LogP contribution in [-0.2, 0) is 0 Å². The highest BCUT2D eigenvalue weighted by atomic mass is 79.9. The van der Waals surface area contributed by atoms with E-state index in [0.29, 0.717) is 4.47 Å². The first kappa shape index (κ1) is 8.95. The minimum Gasteiger partial charge on any atom is -0.397 e. The summed E-state index contributed by atoms with van der Waals surface area (Å²) in [7, 11) is 0. The number of nitrogens with one attached hydrogen (secondary N) is 1. The van der Waals surface area contributed by atoms with Gasteiger partial charge in [0, 0.05) is 10.7 Å². The maximum absolute atomic E-state index is 11.0. The van der Waals surface area contributed by atoms with Crippen LogP contribution in [0.25, 0.3) is 0 Å². The standard InChI is InChI=1S/C6H7BrN4O/c7-3-1-4(8)5(10-2-3)6(12)11-9/h1-2H,8-9H2,(H,11,12). The van der Waals surface area contributed by atoms with Gasteiger partial charge in [-0.15, -0.1) is 0 Å². The Balaban J connectivity index is 3.09. The van der Waals surface area contributed by atoms with Crippen molar-refractivity contribution in [1.29, 1.82) is 0 Å². The van der Waals surface area contributed by atoms with Gasteiger partial charge in [0.2, 0.25) is 0 Å². The Kier molecular flexibility index (Phi) is 2.61.